The molecule has 0 saturated carbocycles. The van der Waals surface area contributed by atoms with E-state index in [9.17, 15) is 4.79 Å². The van der Waals surface area contributed by atoms with Crippen LogP contribution in [0.15, 0.2) is 70.2 Å². The maximum absolute atomic E-state index is 12.2. The molecule has 38 heavy (non-hydrogen) atoms. The molecular weight excluding hydrogens is 523 g/mol. The standard InChI is InChI=1S/C26H30Cl2N6O2.C2H2/c1-3-18(8-7-13-27)34-16-21-22(32-23(34)19-9-5-4-6-10-20(19)28)24(31-17-30-21)33-14-11-26(29,12-15-33)25(35)36-2;1-2/h3-4,6-10,17H,5,11-16,29H2,1-2H3;1-2H/b8-7-,18-3+;. The second-order valence-corrected chi connectivity index (χ2v) is 9.43. The Morgan fingerprint density at radius 1 is 1.29 bits per heavy atom. The van der Waals surface area contributed by atoms with Crippen molar-refractivity contribution in [1.29, 1.82) is 0 Å². The number of carbonyl (C=O) groups excluding carboxylic acids is 1. The van der Waals surface area contributed by atoms with Crippen LogP contribution in [-0.4, -0.2) is 58.3 Å². The number of amidine groups is 1. The Hall–Kier alpha value is -3.38. The third kappa shape index (κ3) is 6.18. The van der Waals surface area contributed by atoms with Gasteiger partial charge in [-0.2, -0.15) is 0 Å². The summed E-state index contributed by atoms with van der Waals surface area (Å²) < 4.78 is 4.91. The SMILES string of the molecule is C#C.C/C=C(\C=C/CCl)N1Cc2ncnc(N3CCC(N)(C(=O)OC)CC3)c2N=C1C1=CCC=CC=C1Cl. The maximum Gasteiger partial charge on any atom is 0.325 e. The molecular formula is C28H32Cl2N6O2. The van der Waals surface area contributed by atoms with Gasteiger partial charge in [-0.05, 0) is 38.3 Å². The summed E-state index contributed by atoms with van der Waals surface area (Å²) in [7, 11) is 1.37. The molecule has 0 bridgehead atoms. The fourth-order valence-corrected chi connectivity index (χ4v) is 4.83. The number of aromatic nitrogens is 2. The van der Waals surface area contributed by atoms with E-state index in [0.29, 0.717) is 49.1 Å². The van der Waals surface area contributed by atoms with Crippen molar-refractivity contribution < 1.29 is 9.53 Å². The van der Waals surface area contributed by atoms with E-state index in [2.05, 4.69) is 38.7 Å². The van der Waals surface area contributed by atoms with Gasteiger partial charge in [0.15, 0.2) is 5.82 Å². The van der Waals surface area contributed by atoms with Crippen molar-refractivity contribution >= 4 is 46.5 Å². The van der Waals surface area contributed by atoms with Crippen LogP contribution in [0, 0.1) is 12.8 Å². The molecule has 1 aromatic rings. The average molecular weight is 556 g/mol. The topological polar surface area (TPSA) is 96.9 Å². The highest BCUT2D eigenvalue weighted by atomic mass is 35.5. The smallest absolute Gasteiger partial charge is 0.325 e. The van der Waals surface area contributed by atoms with Crippen molar-refractivity contribution in [3.8, 4) is 12.8 Å². The first kappa shape index (κ1) is 29.2. The number of aliphatic imine (C=N–C) groups is 1. The minimum atomic E-state index is -0.990. The fourth-order valence-electron chi connectivity index (χ4n) is 4.51. The molecule has 200 valence electrons. The molecule has 3 heterocycles. The molecule has 8 nitrogen and oxygen atoms in total. The van der Waals surface area contributed by atoms with E-state index in [4.69, 9.17) is 38.7 Å². The van der Waals surface area contributed by atoms with E-state index in [1.54, 1.807) is 6.33 Å². The number of ether oxygens (including phenoxy) is 1. The second-order valence-electron chi connectivity index (χ2n) is 8.72. The van der Waals surface area contributed by atoms with Gasteiger partial charge in [-0.1, -0.05) is 42.0 Å². The first-order chi connectivity index (χ1) is 18.4. The van der Waals surface area contributed by atoms with Crippen molar-refractivity contribution in [3.63, 3.8) is 0 Å². The average Bonchev–Trinajstić information content (AvgIpc) is 3.17. The number of piperidine rings is 1. The molecule has 1 fully saturated rings. The summed E-state index contributed by atoms with van der Waals surface area (Å²) in [6.07, 6.45) is 25.0. The van der Waals surface area contributed by atoms with E-state index in [1.165, 1.54) is 7.11 Å². The van der Waals surface area contributed by atoms with E-state index in [-0.39, 0.29) is 5.97 Å². The Morgan fingerprint density at radius 3 is 2.68 bits per heavy atom. The van der Waals surface area contributed by atoms with Crippen LogP contribution in [0.25, 0.3) is 0 Å². The van der Waals surface area contributed by atoms with Gasteiger partial charge in [-0.25, -0.2) is 15.0 Å². The number of esters is 1. The molecule has 0 radical (unpaired) electrons. The Bertz CT molecular complexity index is 1240. The van der Waals surface area contributed by atoms with Gasteiger partial charge in [-0.15, -0.1) is 24.4 Å². The van der Waals surface area contributed by atoms with Gasteiger partial charge in [-0.3, -0.25) is 4.79 Å². The molecule has 1 aromatic heterocycles. The molecule has 0 unspecified atom stereocenters. The summed E-state index contributed by atoms with van der Waals surface area (Å²) in [5.41, 5.74) is 8.61. The van der Waals surface area contributed by atoms with E-state index in [1.807, 2.05) is 43.4 Å². The maximum atomic E-state index is 12.2. The summed E-state index contributed by atoms with van der Waals surface area (Å²) >= 11 is 12.6. The number of alkyl halides is 1. The molecule has 0 amide bonds. The molecule has 4 rings (SSSR count). The highest BCUT2D eigenvalue weighted by molar-refractivity contribution is 6.36. The molecule has 10 heteroatoms. The van der Waals surface area contributed by atoms with Crippen LogP contribution in [0.4, 0.5) is 11.5 Å². The normalized spacial score (nSPS) is 18.9. The zero-order valence-corrected chi connectivity index (χ0v) is 23.1. The highest BCUT2D eigenvalue weighted by Gasteiger charge is 2.40. The van der Waals surface area contributed by atoms with Crippen LogP contribution in [0.2, 0.25) is 0 Å². The number of nitrogens with two attached hydrogens (primary N) is 1. The van der Waals surface area contributed by atoms with Crippen molar-refractivity contribution in [2.75, 3.05) is 31.0 Å². The minimum Gasteiger partial charge on any atom is -0.468 e. The third-order valence-electron chi connectivity index (χ3n) is 6.53. The number of terminal acetylenes is 1. The van der Waals surface area contributed by atoms with Crippen LogP contribution in [0.3, 0.4) is 0 Å². The number of carbonyl (C=O) groups is 1. The van der Waals surface area contributed by atoms with Crippen LogP contribution >= 0.6 is 23.2 Å². The van der Waals surface area contributed by atoms with E-state index in [0.717, 1.165) is 35.0 Å². The van der Waals surface area contributed by atoms with Crippen LogP contribution in [0.5, 0.6) is 0 Å². The summed E-state index contributed by atoms with van der Waals surface area (Å²) in [6.45, 7) is 3.56. The number of methoxy groups -OCH3 is 1. The summed E-state index contributed by atoms with van der Waals surface area (Å²) in [6, 6.07) is 0. The fraction of sp³-hybridized carbons (Fsp3) is 0.357. The highest BCUT2D eigenvalue weighted by Crippen LogP contribution is 2.39. The number of hydrogen-bond donors (Lipinski definition) is 1. The van der Waals surface area contributed by atoms with Crippen molar-refractivity contribution in [2.24, 2.45) is 10.7 Å². The van der Waals surface area contributed by atoms with Gasteiger partial charge in [0.25, 0.3) is 0 Å². The quantitative estimate of drug-likeness (QED) is 0.234. The predicted octanol–water partition coefficient (Wildman–Crippen LogP) is 4.75. The molecule has 2 aliphatic heterocycles. The Balaban J connectivity index is 0.00000195. The first-order valence-electron chi connectivity index (χ1n) is 12.2. The van der Waals surface area contributed by atoms with Gasteiger partial charge in [0.05, 0.1) is 24.4 Å². The molecule has 3 aliphatic rings. The lowest BCUT2D eigenvalue weighted by molar-refractivity contribution is -0.147. The zero-order chi connectivity index (χ0) is 27.7. The molecule has 0 spiro atoms. The molecule has 1 saturated heterocycles. The Kier molecular flexibility index (Phi) is 10.3. The molecule has 2 N–H and O–H groups in total. The zero-order valence-electron chi connectivity index (χ0n) is 21.6. The van der Waals surface area contributed by atoms with Crippen molar-refractivity contribution in [2.45, 2.75) is 38.3 Å². The predicted molar refractivity (Wildman–Crippen MR) is 154 cm³/mol. The third-order valence-corrected chi connectivity index (χ3v) is 7.03. The molecule has 0 atom stereocenters. The van der Waals surface area contributed by atoms with Gasteiger partial charge < -0.3 is 20.3 Å². The van der Waals surface area contributed by atoms with Crippen LogP contribution in [-0.2, 0) is 16.1 Å². The van der Waals surface area contributed by atoms with Crippen LogP contribution in [0.1, 0.15) is 31.9 Å². The Labute approximate surface area is 234 Å². The lowest BCUT2D eigenvalue weighted by Crippen LogP contribution is -2.56. The first-order valence-corrected chi connectivity index (χ1v) is 13.1. The van der Waals surface area contributed by atoms with Crippen molar-refractivity contribution in [1.82, 2.24) is 14.9 Å². The second kappa shape index (κ2) is 13.4. The van der Waals surface area contributed by atoms with Crippen molar-refractivity contribution in [3.05, 3.63) is 70.9 Å². The largest absolute Gasteiger partial charge is 0.468 e. The Morgan fingerprint density at radius 2 is 2.03 bits per heavy atom. The number of hydrogen-bond acceptors (Lipinski definition) is 8. The van der Waals surface area contributed by atoms with Gasteiger partial charge in [0.1, 0.15) is 23.4 Å². The van der Waals surface area contributed by atoms with Gasteiger partial charge in [0, 0.05) is 30.2 Å². The number of halogens is 2. The summed E-state index contributed by atoms with van der Waals surface area (Å²) in [5.74, 6) is 1.45. The number of anilines is 1. The number of rotatable bonds is 6. The number of nitrogens with zero attached hydrogens (tertiary/aromatic N) is 5. The van der Waals surface area contributed by atoms with E-state index >= 15 is 0 Å². The monoisotopic (exact) mass is 554 g/mol. The summed E-state index contributed by atoms with van der Waals surface area (Å²) in [4.78, 5) is 30.6. The lowest BCUT2D eigenvalue weighted by atomic mass is 9.88. The number of allylic oxidation sites excluding steroid dienone is 7. The van der Waals surface area contributed by atoms with Gasteiger partial charge >= 0.3 is 5.97 Å². The minimum absolute atomic E-state index is 0.387. The van der Waals surface area contributed by atoms with E-state index < -0.39 is 5.54 Å². The number of fused-ring (bicyclic) bond motifs is 1. The summed E-state index contributed by atoms with van der Waals surface area (Å²) in [5, 5.41) is 0.607. The van der Waals surface area contributed by atoms with Gasteiger partial charge in [0.2, 0.25) is 0 Å². The molecule has 1 aliphatic carbocycles. The lowest BCUT2D eigenvalue weighted by Gasteiger charge is -2.39. The molecule has 0 aromatic carbocycles. The van der Waals surface area contributed by atoms with Crippen LogP contribution < -0.4 is 10.6 Å².